The quantitative estimate of drug-likeness (QED) is 0.724. The van der Waals surface area contributed by atoms with E-state index >= 15 is 0 Å². The van der Waals surface area contributed by atoms with Crippen molar-refractivity contribution in [1.82, 2.24) is 20.4 Å². The molecule has 3 rings (SSSR count). The lowest BCUT2D eigenvalue weighted by Gasteiger charge is -2.01. The molecule has 6 nitrogen and oxygen atoms in total. The zero-order valence-corrected chi connectivity index (χ0v) is 11.5. The van der Waals surface area contributed by atoms with E-state index in [1.165, 1.54) is 6.20 Å². The number of fused-ring (bicyclic) bond motifs is 1. The summed E-state index contributed by atoms with van der Waals surface area (Å²) in [4.78, 5) is 16.3. The highest BCUT2D eigenvalue weighted by atomic mass is 32.2. The number of amides is 1. The average Bonchev–Trinajstić information content (AvgIpc) is 3.07. The summed E-state index contributed by atoms with van der Waals surface area (Å²) in [5, 5.41) is 12.5. The van der Waals surface area contributed by atoms with Crippen molar-refractivity contribution in [2.75, 3.05) is 11.6 Å². The summed E-state index contributed by atoms with van der Waals surface area (Å²) >= 11 is 3.21. The number of benzene rings is 1. The van der Waals surface area contributed by atoms with E-state index in [0.29, 0.717) is 0 Å². The van der Waals surface area contributed by atoms with Crippen molar-refractivity contribution in [2.45, 2.75) is 4.34 Å². The maximum Gasteiger partial charge on any atom is 0.277 e. The highest BCUT2D eigenvalue weighted by Gasteiger charge is 2.10. The molecule has 2 heterocycles. The Morgan fingerprint density at radius 1 is 1.47 bits per heavy atom. The molecule has 0 saturated heterocycles. The predicted molar refractivity (Wildman–Crippen MR) is 75.7 cm³/mol. The Morgan fingerprint density at radius 3 is 3.11 bits per heavy atom. The number of thiazole rings is 1. The van der Waals surface area contributed by atoms with Crippen LogP contribution in [0.2, 0.25) is 0 Å². The zero-order valence-electron chi connectivity index (χ0n) is 9.88. The fraction of sp³-hybridized carbons (Fsp3) is 0.0909. The molecule has 2 aromatic heterocycles. The van der Waals surface area contributed by atoms with Gasteiger partial charge in [-0.25, -0.2) is 4.98 Å². The Bertz CT molecular complexity index is 722. The van der Waals surface area contributed by atoms with Gasteiger partial charge in [-0.3, -0.25) is 4.79 Å². The number of nitrogens with zero attached hydrogens (tertiary/aromatic N) is 3. The Balaban J connectivity index is 1.87. The van der Waals surface area contributed by atoms with E-state index in [1.807, 2.05) is 24.5 Å². The van der Waals surface area contributed by atoms with E-state index in [2.05, 4.69) is 25.7 Å². The van der Waals surface area contributed by atoms with Crippen LogP contribution in [0.3, 0.4) is 0 Å². The fourth-order valence-corrected chi connectivity index (χ4v) is 3.10. The van der Waals surface area contributed by atoms with Crippen LogP contribution in [0, 0.1) is 0 Å². The van der Waals surface area contributed by atoms with Crippen LogP contribution in [0.15, 0.2) is 28.7 Å². The number of H-pyrrole nitrogens is 1. The molecule has 19 heavy (non-hydrogen) atoms. The second-order valence-corrected chi connectivity index (χ2v) is 5.76. The summed E-state index contributed by atoms with van der Waals surface area (Å²) in [5.74, 6) is -0.289. The molecule has 0 bridgehead atoms. The highest BCUT2D eigenvalue weighted by molar-refractivity contribution is 8.00. The molecular formula is C11H9N5OS2. The summed E-state index contributed by atoms with van der Waals surface area (Å²) < 4.78 is 2.05. The van der Waals surface area contributed by atoms with Gasteiger partial charge < -0.3 is 5.32 Å². The summed E-state index contributed by atoms with van der Waals surface area (Å²) in [7, 11) is 0. The van der Waals surface area contributed by atoms with Gasteiger partial charge in [0.2, 0.25) is 0 Å². The van der Waals surface area contributed by atoms with Crippen LogP contribution in [0.25, 0.3) is 10.2 Å². The maximum atomic E-state index is 11.8. The highest BCUT2D eigenvalue weighted by Crippen LogP contribution is 2.29. The minimum atomic E-state index is -0.289. The van der Waals surface area contributed by atoms with Crippen molar-refractivity contribution in [2.24, 2.45) is 0 Å². The van der Waals surface area contributed by atoms with Gasteiger partial charge in [-0.2, -0.15) is 15.4 Å². The van der Waals surface area contributed by atoms with E-state index in [1.54, 1.807) is 23.1 Å². The van der Waals surface area contributed by atoms with Gasteiger partial charge in [0.15, 0.2) is 10.0 Å². The second-order valence-electron chi connectivity index (χ2n) is 3.68. The number of nitrogens with one attached hydrogen (secondary N) is 2. The van der Waals surface area contributed by atoms with Crippen molar-refractivity contribution in [3.63, 3.8) is 0 Å². The predicted octanol–water partition coefficient (Wildman–Crippen LogP) is 2.39. The van der Waals surface area contributed by atoms with Crippen LogP contribution in [-0.2, 0) is 0 Å². The van der Waals surface area contributed by atoms with Gasteiger partial charge in [0.25, 0.3) is 5.91 Å². The maximum absolute atomic E-state index is 11.8. The largest absolute Gasteiger partial charge is 0.320 e. The smallest absolute Gasteiger partial charge is 0.277 e. The number of hydrogen-bond acceptors (Lipinski definition) is 6. The van der Waals surface area contributed by atoms with Crippen LogP contribution >= 0.6 is 23.1 Å². The Labute approximate surface area is 116 Å². The third-order valence-electron chi connectivity index (χ3n) is 2.45. The van der Waals surface area contributed by atoms with Crippen LogP contribution in [0.4, 0.5) is 5.69 Å². The van der Waals surface area contributed by atoms with Crippen molar-refractivity contribution in [3.8, 4) is 0 Å². The molecule has 0 saturated carbocycles. The molecule has 3 aromatic rings. The molecule has 0 radical (unpaired) electrons. The molecule has 0 unspecified atom stereocenters. The van der Waals surface area contributed by atoms with Gasteiger partial charge in [-0.1, -0.05) is 11.8 Å². The minimum absolute atomic E-state index is 0.259. The van der Waals surface area contributed by atoms with Crippen molar-refractivity contribution >= 4 is 44.9 Å². The third-order valence-corrected chi connectivity index (χ3v) is 4.45. The van der Waals surface area contributed by atoms with E-state index in [-0.39, 0.29) is 11.6 Å². The molecule has 0 atom stereocenters. The monoisotopic (exact) mass is 291 g/mol. The average molecular weight is 291 g/mol. The molecule has 1 amide bonds. The van der Waals surface area contributed by atoms with Crippen LogP contribution in [0.5, 0.6) is 0 Å². The number of carbonyl (C=O) groups excluding carboxylic acids is 1. The van der Waals surface area contributed by atoms with E-state index in [4.69, 9.17) is 0 Å². The Kier molecular flexibility index (Phi) is 3.18. The molecule has 0 aliphatic rings. The van der Waals surface area contributed by atoms with E-state index < -0.39 is 0 Å². The normalized spacial score (nSPS) is 10.8. The molecule has 1 aromatic carbocycles. The van der Waals surface area contributed by atoms with Crippen LogP contribution < -0.4 is 5.32 Å². The van der Waals surface area contributed by atoms with Crippen molar-refractivity contribution in [3.05, 3.63) is 30.1 Å². The molecule has 96 valence electrons. The standard InChI is InChI=1S/C11H9N5OS2/c1-18-11-14-7-3-2-6(4-9(7)19-11)13-10(17)8-5-12-16-15-8/h2-5H,1H3,(H,13,17)(H,12,15,16). The van der Waals surface area contributed by atoms with Crippen LogP contribution in [0.1, 0.15) is 10.5 Å². The van der Waals surface area contributed by atoms with E-state index in [0.717, 1.165) is 20.2 Å². The number of carbonyl (C=O) groups is 1. The first-order chi connectivity index (χ1) is 9.26. The minimum Gasteiger partial charge on any atom is -0.320 e. The molecule has 0 aliphatic heterocycles. The lowest BCUT2D eigenvalue weighted by molar-refractivity contribution is 0.102. The van der Waals surface area contributed by atoms with E-state index in [9.17, 15) is 4.79 Å². The molecule has 0 fully saturated rings. The number of hydrogen-bond donors (Lipinski definition) is 2. The first-order valence-electron chi connectivity index (χ1n) is 5.38. The first kappa shape index (κ1) is 12.1. The molecule has 2 N–H and O–H groups in total. The number of thioether (sulfide) groups is 1. The van der Waals surface area contributed by atoms with Gasteiger partial charge in [0.1, 0.15) is 0 Å². The summed E-state index contributed by atoms with van der Waals surface area (Å²) in [6, 6.07) is 5.62. The molecule has 0 aliphatic carbocycles. The van der Waals surface area contributed by atoms with Gasteiger partial charge in [0.05, 0.1) is 16.4 Å². The van der Waals surface area contributed by atoms with Crippen molar-refractivity contribution in [1.29, 1.82) is 0 Å². The van der Waals surface area contributed by atoms with Crippen LogP contribution in [-0.4, -0.2) is 32.6 Å². The fourth-order valence-electron chi connectivity index (χ4n) is 1.57. The second kappa shape index (κ2) is 4.98. The topological polar surface area (TPSA) is 83.6 Å². The van der Waals surface area contributed by atoms with Gasteiger partial charge >= 0.3 is 0 Å². The first-order valence-corrected chi connectivity index (χ1v) is 7.42. The number of aromatic nitrogens is 4. The zero-order chi connectivity index (χ0) is 13.2. The summed E-state index contributed by atoms with van der Waals surface area (Å²) in [6.07, 6.45) is 3.37. The molecular weight excluding hydrogens is 282 g/mol. The SMILES string of the molecule is CSc1nc2ccc(NC(=O)c3cn[nH]n3)cc2s1. The molecule has 8 heteroatoms. The summed E-state index contributed by atoms with van der Waals surface area (Å²) in [6.45, 7) is 0. The van der Waals surface area contributed by atoms with Gasteiger partial charge in [0, 0.05) is 5.69 Å². The van der Waals surface area contributed by atoms with Crippen molar-refractivity contribution < 1.29 is 4.79 Å². The number of aromatic amines is 1. The lowest BCUT2D eigenvalue weighted by atomic mass is 10.3. The van der Waals surface area contributed by atoms with Gasteiger partial charge in [-0.15, -0.1) is 11.3 Å². The molecule has 0 spiro atoms. The number of rotatable bonds is 3. The Morgan fingerprint density at radius 2 is 2.37 bits per heavy atom. The Hall–Kier alpha value is -1.93. The summed E-state index contributed by atoms with van der Waals surface area (Å²) in [5.41, 5.74) is 1.92. The third kappa shape index (κ3) is 2.45. The number of anilines is 1. The van der Waals surface area contributed by atoms with Gasteiger partial charge in [-0.05, 0) is 24.5 Å². The lowest BCUT2D eigenvalue weighted by Crippen LogP contribution is -2.12.